The predicted octanol–water partition coefficient (Wildman–Crippen LogP) is 1.57. The monoisotopic (exact) mass is 200 g/mol. The standard InChI is InChI=1S/C6H5BrN2O/c7-4-1-6(10-3-4)5(9)2-8/h1,3,5H,9H2. The molecule has 0 spiro atoms. The van der Waals surface area contributed by atoms with Crippen molar-refractivity contribution >= 4 is 15.9 Å². The Morgan fingerprint density at radius 1 is 1.80 bits per heavy atom. The molecule has 0 amide bonds. The summed E-state index contributed by atoms with van der Waals surface area (Å²) in [7, 11) is 0. The van der Waals surface area contributed by atoms with Crippen LogP contribution in [0.2, 0.25) is 0 Å². The second-order valence-corrected chi connectivity index (χ2v) is 2.69. The first kappa shape index (κ1) is 7.32. The van der Waals surface area contributed by atoms with E-state index in [2.05, 4.69) is 15.9 Å². The molecule has 0 aliphatic rings. The fraction of sp³-hybridized carbons (Fsp3) is 0.167. The van der Waals surface area contributed by atoms with Gasteiger partial charge in [-0.25, -0.2) is 0 Å². The average molecular weight is 201 g/mol. The molecule has 1 aromatic rings. The first-order valence-corrected chi connectivity index (χ1v) is 3.42. The van der Waals surface area contributed by atoms with Gasteiger partial charge in [-0.2, -0.15) is 5.26 Å². The Bertz CT molecular complexity index is 263. The van der Waals surface area contributed by atoms with Crippen molar-refractivity contribution in [3.05, 3.63) is 22.6 Å². The Kier molecular flexibility index (Phi) is 2.10. The number of nitrogens with zero attached hydrogens (tertiary/aromatic N) is 1. The zero-order valence-electron chi connectivity index (χ0n) is 5.04. The van der Waals surface area contributed by atoms with Crippen LogP contribution in [0.25, 0.3) is 0 Å². The number of rotatable bonds is 1. The van der Waals surface area contributed by atoms with Crippen LogP contribution in [0, 0.1) is 11.3 Å². The van der Waals surface area contributed by atoms with E-state index in [9.17, 15) is 0 Å². The summed E-state index contributed by atoms with van der Waals surface area (Å²) in [5.74, 6) is 0.481. The second kappa shape index (κ2) is 2.86. The molecular formula is C6H5BrN2O. The van der Waals surface area contributed by atoms with E-state index in [-0.39, 0.29) is 0 Å². The molecule has 1 rings (SSSR count). The van der Waals surface area contributed by atoms with Crippen molar-refractivity contribution in [3.8, 4) is 6.07 Å². The molecule has 0 fully saturated rings. The summed E-state index contributed by atoms with van der Waals surface area (Å²) in [4.78, 5) is 0. The van der Waals surface area contributed by atoms with Gasteiger partial charge in [-0.05, 0) is 22.0 Å². The number of furan rings is 1. The van der Waals surface area contributed by atoms with Crippen molar-refractivity contribution in [2.45, 2.75) is 6.04 Å². The second-order valence-electron chi connectivity index (χ2n) is 1.77. The maximum Gasteiger partial charge on any atom is 0.151 e. The summed E-state index contributed by atoms with van der Waals surface area (Å²) in [5, 5.41) is 8.35. The van der Waals surface area contributed by atoms with Crippen LogP contribution in [0.15, 0.2) is 21.2 Å². The number of nitriles is 1. The summed E-state index contributed by atoms with van der Waals surface area (Å²) < 4.78 is 5.72. The minimum Gasteiger partial charge on any atom is -0.465 e. The van der Waals surface area contributed by atoms with E-state index >= 15 is 0 Å². The zero-order chi connectivity index (χ0) is 7.56. The lowest BCUT2D eigenvalue weighted by atomic mass is 10.3. The molecule has 2 N–H and O–H groups in total. The fourth-order valence-corrected chi connectivity index (χ4v) is 0.874. The highest BCUT2D eigenvalue weighted by atomic mass is 79.9. The summed E-state index contributed by atoms with van der Waals surface area (Å²) in [5.41, 5.74) is 5.33. The molecule has 1 unspecified atom stereocenters. The van der Waals surface area contributed by atoms with Gasteiger partial charge in [-0.15, -0.1) is 0 Å². The highest BCUT2D eigenvalue weighted by Crippen LogP contribution is 2.17. The van der Waals surface area contributed by atoms with Gasteiger partial charge in [0, 0.05) is 0 Å². The van der Waals surface area contributed by atoms with Crippen molar-refractivity contribution in [1.29, 1.82) is 5.26 Å². The molecule has 4 heteroatoms. The molecule has 10 heavy (non-hydrogen) atoms. The quantitative estimate of drug-likeness (QED) is 0.749. The first-order chi connectivity index (χ1) is 4.74. The first-order valence-electron chi connectivity index (χ1n) is 2.63. The van der Waals surface area contributed by atoms with Gasteiger partial charge >= 0.3 is 0 Å². The molecule has 0 aliphatic heterocycles. The molecule has 1 aromatic heterocycles. The van der Waals surface area contributed by atoms with E-state index in [4.69, 9.17) is 15.4 Å². The minimum absolute atomic E-state index is 0.481. The Morgan fingerprint density at radius 2 is 2.50 bits per heavy atom. The summed E-state index contributed by atoms with van der Waals surface area (Å²) in [6.07, 6.45) is 1.49. The highest BCUT2D eigenvalue weighted by molar-refractivity contribution is 9.10. The lowest BCUT2D eigenvalue weighted by Crippen LogP contribution is -2.05. The number of nitrogens with two attached hydrogens (primary N) is 1. The Balaban J connectivity index is 2.87. The molecule has 3 nitrogen and oxygen atoms in total. The maximum absolute atomic E-state index is 8.35. The smallest absolute Gasteiger partial charge is 0.151 e. The molecule has 52 valence electrons. The van der Waals surface area contributed by atoms with Crippen LogP contribution < -0.4 is 5.73 Å². The van der Waals surface area contributed by atoms with Gasteiger partial charge in [-0.1, -0.05) is 0 Å². The third-order valence-electron chi connectivity index (χ3n) is 1.03. The van der Waals surface area contributed by atoms with Gasteiger partial charge in [0.15, 0.2) is 6.04 Å². The average Bonchev–Trinajstić information content (AvgIpc) is 2.34. The summed E-state index contributed by atoms with van der Waals surface area (Å²) in [6.45, 7) is 0. The molecule has 1 atom stereocenters. The van der Waals surface area contributed by atoms with Crippen LogP contribution in [0.3, 0.4) is 0 Å². The van der Waals surface area contributed by atoms with Gasteiger partial charge in [0.25, 0.3) is 0 Å². The van der Waals surface area contributed by atoms with Crippen LogP contribution in [-0.2, 0) is 0 Å². The molecule has 1 heterocycles. The largest absolute Gasteiger partial charge is 0.465 e. The van der Waals surface area contributed by atoms with Gasteiger partial charge in [0.2, 0.25) is 0 Å². The van der Waals surface area contributed by atoms with Gasteiger partial charge in [0.05, 0.1) is 10.5 Å². The SMILES string of the molecule is N#CC(N)c1cc(Br)co1. The zero-order valence-corrected chi connectivity index (χ0v) is 6.63. The van der Waals surface area contributed by atoms with Crippen molar-refractivity contribution in [3.63, 3.8) is 0 Å². The molecule has 0 saturated heterocycles. The predicted molar refractivity (Wildman–Crippen MR) is 38.9 cm³/mol. The third kappa shape index (κ3) is 1.38. The molecule has 0 aliphatic carbocycles. The van der Waals surface area contributed by atoms with E-state index in [1.165, 1.54) is 6.26 Å². The number of halogens is 1. The Labute approximate surface area is 66.6 Å². The summed E-state index contributed by atoms with van der Waals surface area (Å²) in [6, 6.07) is 2.87. The number of hydrogen-bond donors (Lipinski definition) is 1. The van der Waals surface area contributed by atoms with E-state index in [1.807, 2.05) is 6.07 Å². The normalized spacial score (nSPS) is 12.5. The van der Waals surface area contributed by atoms with Gasteiger partial charge in [-0.3, -0.25) is 0 Å². The lowest BCUT2D eigenvalue weighted by Gasteiger charge is -1.92. The lowest BCUT2D eigenvalue weighted by molar-refractivity contribution is 0.496. The fourth-order valence-electron chi connectivity index (χ4n) is 0.555. The van der Waals surface area contributed by atoms with E-state index in [0.29, 0.717) is 5.76 Å². The van der Waals surface area contributed by atoms with E-state index < -0.39 is 6.04 Å². The molecule has 0 radical (unpaired) electrons. The van der Waals surface area contributed by atoms with Gasteiger partial charge < -0.3 is 10.2 Å². The van der Waals surface area contributed by atoms with Crippen LogP contribution in [-0.4, -0.2) is 0 Å². The molecule has 0 saturated carbocycles. The van der Waals surface area contributed by atoms with Crippen molar-refractivity contribution in [1.82, 2.24) is 0 Å². The molecular weight excluding hydrogens is 196 g/mol. The van der Waals surface area contributed by atoms with Crippen LogP contribution in [0.1, 0.15) is 11.8 Å². The van der Waals surface area contributed by atoms with Crippen LogP contribution in [0.4, 0.5) is 0 Å². The minimum atomic E-state index is -0.661. The molecule has 0 aromatic carbocycles. The van der Waals surface area contributed by atoms with Crippen molar-refractivity contribution in [2.75, 3.05) is 0 Å². The van der Waals surface area contributed by atoms with Crippen LogP contribution >= 0.6 is 15.9 Å². The summed E-state index contributed by atoms with van der Waals surface area (Å²) >= 11 is 3.17. The van der Waals surface area contributed by atoms with Crippen molar-refractivity contribution in [2.24, 2.45) is 5.73 Å². The topological polar surface area (TPSA) is 63.0 Å². The number of hydrogen-bond acceptors (Lipinski definition) is 3. The van der Waals surface area contributed by atoms with Crippen molar-refractivity contribution < 1.29 is 4.42 Å². The Morgan fingerprint density at radius 3 is 2.90 bits per heavy atom. The maximum atomic E-state index is 8.35. The molecule has 0 bridgehead atoms. The Hall–Kier alpha value is -0.790. The van der Waals surface area contributed by atoms with E-state index in [1.54, 1.807) is 6.07 Å². The van der Waals surface area contributed by atoms with Gasteiger partial charge in [0.1, 0.15) is 12.0 Å². The highest BCUT2D eigenvalue weighted by Gasteiger charge is 2.07. The third-order valence-corrected chi connectivity index (χ3v) is 1.45. The van der Waals surface area contributed by atoms with Crippen LogP contribution in [0.5, 0.6) is 0 Å². The van der Waals surface area contributed by atoms with E-state index in [0.717, 1.165) is 4.47 Å².